The van der Waals surface area contributed by atoms with E-state index in [-0.39, 0.29) is 12.5 Å². The van der Waals surface area contributed by atoms with Gasteiger partial charge in [0.05, 0.1) is 4.91 Å². The Morgan fingerprint density at radius 2 is 1.47 bits per heavy atom. The first-order valence-corrected chi connectivity index (χ1v) is 15.2. The highest BCUT2D eigenvalue weighted by Crippen LogP contribution is 2.34. The Labute approximate surface area is 254 Å². The summed E-state index contributed by atoms with van der Waals surface area (Å²) in [7, 11) is 0. The van der Waals surface area contributed by atoms with Gasteiger partial charge in [-0.3, -0.25) is 19.3 Å². The van der Waals surface area contributed by atoms with Crippen molar-refractivity contribution in [2.24, 2.45) is 0 Å². The highest BCUT2D eigenvalue weighted by molar-refractivity contribution is 8.18. The minimum atomic E-state index is -0.419. The lowest BCUT2D eigenvalue weighted by atomic mass is 10.0. The van der Waals surface area contributed by atoms with Gasteiger partial charge in [-0.1, -0.05) is 78.9 Å². The molecule has 8 heteroatoms. The van der Waals surface area contributed by atoms with Crippen LogP contribution in [-0.2, 0) is 16.1 Å². The summed E-state index contributed by atoms with van der Waals surface area (Å²) in [6, 6.07) is 32.9. The smallest absolute Gasteiger partial charge is 0.294 e. The molecule has 0 radical (unpaired) electrons. The van der Waals surface area contributed by atoms with Gasteiger partial charge in [-0.25, -0.2) is 0 Å². The highest BCUT2D eigenvalue weighted by Gasteiger charge is 2.37. The number of carbonyl (C=O) groups is 3. The molecule has 214 valence electrons. The zero-order valence-electron chi connectivity index (χ0n) is 23.6. The first-order chi connectivity index (χ1) is 21.0. The molecule has 5 aromatic rings. The Hall–Kier alpha value is -4.82. The number of thioether (sulfide) groups is 1. The third kappa shape index (κ3) is 5.30. The zero-order valence-corrected chi connectivity index (χ0v) is 24.4. The third-order valence-corrected chi connectivity index (χ3v) is 9.15. The number of imide groups is 1. The number of piperazine rings is 1. The number of aromatic nitrogens is 1. The lowest BCUT2D eigenvalue weighted by Gasteiger charge is -2.36. The van der Waals surface area contributed by atoms with Crippen LogP contribution in [0.15, 0.2) is 108 Å². The molecule has 4 aromatic carbocycles. The normalized spacial score (nSPS) is 16.7. The number of hydrogen-bond acceptors (Lipinski definition) is 5. The minimum Gasteiger partial charge on any atom is -0.368 e. The summed E-state index contributed by atoms with van der Waals surface area (Å²) in [5.74, 6) is -0.625. The number of hydrogen-bond donors (Lipinski definition) is 0. The molecule has 3 amide bonds. The van der Waals surface area contributed by atoms with Crippen LogP contribution in [0.1, 0.15) is 11.1 Å². The summed E-state index contributed by atoms with van der Waals surface area (Å²) in [5, 5.41) is 2.99. The number of fused-ring (bicyclic) bond motifs is 2. The Balaban J connectivity index is 1.08. The standard InChI is InChI=1S/C35H30N4O3S/c40-33(37-19-17-36(18-20-37)28-12-2-1-3-13-28)24-39-34(41)32(43-35(39)42)21-27-23-38(31-16-7-6-15-30(27)31)22-26-11-8-10-25-9-4-5-14-29(25)26/h1-16,21,23H,17-20,22,24H2/b32-21+. The van der Waals surface area contributed by atoms with E-state index < -0.39 is 11.1 Å². The Bertz CT molecular complexity index is 1880. The predicted molar refractivity (Wildman–Crippen MR) is 173 cm³/mol. The zero-order chi connectivity index (χ0) is 29.3. The van der Waals surface area contributed by atoms with Crippen molar-refractivity contribution < 1.29 is 14.4 Å². The lowest BCUT2D eigenvalue weighted by Crippen LogP contribution is -2.51. The fourth-order valence-electron chi connectivity index (χ4n) is 6.00. The van der Waals surface area contributed by atoms with Crippen LogP contribution in [-0.4, -0.2) is 64.1 Å². The first kappa shape index (κ1) is 27.0. The number of rotatable bonds is 6. The molecule has 0 bridgehead atoms. The second-order valence-corrected chi connectivity index (χ2v) is 11.8. The average molecular weight is 587 g/mol. The maximum absolute atomic E-state index is 13.4. The quantitative estimate of drug-likeness (QED) is 0.221. The van der Waals surface area contributed by atoms with Crippen molar-refractivity contribution in [1.29, 1.82) is 0 Å². The fourth-order valence-corrected chi connectivity index (χ4v) is 6.83. The number of anilines is 1. The number of benzene rings is 4. The minimum absolute atomic E-state index is 0.206. The molecular formula is C35H30N4O3S. The van der Waals surface area contributed by atoms with Crippen LogP contribution in [0.3, 0.4) is 0 Å². The number of carbonyl (C=O) groups excluding carboxylic acids is 3. The second kappa shape index (κ2) is 11.5. The van der Waals surface area contributed by atoms with Crippen LogP contribution in [0.2, 0.25) is 0 Å². The summed E-state index contributed by atoms with van der Waals surface area (Å²) in [6.07, 6.45) is 3.83. The van der Waals surface area contributed by atoms with Crippen molar-refractivity contribution in [2.45, 2.75) is 6.54 Å². The van der Waals surface area contributed by atoms with Crippen LogP contribution >= 0.6 is 11.8 Å². The summed E-state index contributed by atoms with van der Waals surface area (Å²) < 4.78 is 2.19. The van der Waals surface area contributed by atoms with Crippen molar-refractivity contribution in [2.75, 3.05) is 37.6 Å². The van der Waals surface area contributed by atoms with Gasteiger partial charge in [0.1, 0.15) is 6.54 Å². The molecule has 0 spiro atoms. The first-order valence-electron chi connectivity index (χ1n) is 14.4. The molecule has 0 N–H and O–H groups in total. The molecule has 7 nitrogen and oxygen atoms in total. The van der Waals surface area contributed by atoms with Gasteiger partial charge >= 0.3 is 0 Å². The average Bonchev–Trinajstić information content (AvgIpc) is 3.53. The van der Waals surface area contributed by atoms with E-state index in [1.54, 1.807) is 11.0 Å². The Morgan fingerprint density at radius 3 is 2.28 bits per heavy atom. The van der Waals surface area contributed by atoms with E-state index in [2.05, 4.69) is 64.1 Å². The lowest BCUT2D eigenvalue weighted by molar-refractivity contribution is -0.136. The van der Waals surface area contributed by atoms with Gasteiger partial charge in [0, 0.05) is 61.1 Å². The monoisotopic (exact) mass is 586 g/mol. The van der Waals surface area contributed by atoms with E-state index in [4.69, 9.17) is 0 Å². The molecule has 7 rings (SSSR count). The summed E-state index contributed by atoms with van der Waals surface area (Å²) in [6.45, 7) is 2.95. The van der Waals surface area contributed by atoms with E-state index in [9.17, 15) is 14.4 Å². The van der Waals surface area contributed by atoms with E-state index in [1.165, 1.54) is 16.3 Å². The molecule has 0 unspecified atom stereocenters. The van der Waals surface area contributed by atoms with E-state index in [0.29, 0.717) is 37.6 Å². The van der Waals surface area contributed by atoms with Crippen molar-refractivity contribution in [1.82, 2.24) is 14.4 Å². The molecule has 3 heterocycles. The molecule has 0 saturated carbocycles. The third-order valence-electron chi connectivity index (χ3n) is 8.25. The van der Waals surface area contributed by atoms with Crippen molar-refractivity contribution in [3.8, 4) is 0 Å². The second-order valence-electron chi connectivity index (χ2n) is 10.8. The molecule has 2 aliphatic rings. The topological polar surface area (TPSA) is 65.9 Å². The number of nitrogens with zero attached hydrogens (tertiary/aromatic N) is 4. The van der Waals surface area contributed by atoms with Gasteiger partial charge in [-0.15, -0.1) is 0 Å². The summed E-state index contributed by atoms with van der Waals surface area (Å²) >= 11 is 0.897. The molecule has 2 aliphatic heterocycles. The Morgan fingerprint density at radius 1 is 0.767 bits per heavy atom. The van der Waals surface area contributed by atoms with Gasteiger partial charge in [0.2, 0.25) is 5.91 Å². The molecule has 0 aliphatic carbocycles. The van der Waals surface area contributed by atoms with Crippen LogP contribution in [0.5, 0.6) is 0 Å². The van der Waals surface area contributed by atoms with Gasteiger partial charge in [0.25, 0.3) is 11.1 Å². The summed E-state index contributed by atoms with van der Waals surface area (Å²) in [4.78, 5) is 44.8. The maximum Gasteiger partial charge on any atom is 0.294 e. The molecule has 2 fully saturated rings. The maximum atomic E-state index is 13.4. The van der Waals surface area contributed by atoms with Crippen LogP contribution in [0.4, 0.5) is 10.5 Å². The van der Waals surface area contributed by atoms with E-state index >= 15 is 0 Å². The van der Waals surface area contributed by atoms with Crippen LogP contribution < -0.4 is 4.90 Å². The molecular weight excluding hydrogens is 556 g/mol. The van der Waals surface area contributed by atoms with Crippen molar-refractivity contribution >= 4 is 62.3 Å². The highest BCUT2D eigenvalue weighted by atomic mass is 32.2. The van der Waals surface area contributed by atoms with Gasteiger partial charge in [-0.05, 0) is 52.4 Å². The summed E-state index contributed by atoms with van der Waals surface area (Å²) in [5.41, 5.74) is 4.24. The Kier molecular flexibility index (Phi) is 7.20. The SMILES string of the molecule is O=C(CN1C(=O)S/C(=C/c2cn(Cc3cccc4ccccc34)c3ccccc23)C1=O)N1CCN(c2ccccc2)CC1. The van der Waals surface area contributed by atoms with Gasteiger partial charge in [-0.2, -0.15) is 0 Å². The predicted octanol–water partition coefficient (Wildman–Crippen LogP) is 6.23. The van der Waals surface area contributed by atoms with Gasteiger partial charge < -0.3 is 14.4 Å². The van der Waals surface area contributed by atoms with E-state index in [1.807, 2.05) is 48.7 Å². The largest absolute Gasteiger partial charge is 0.368 e. The molecule has 1 aromatic heterocycles. The van der Waals surface area contributed by atoms with E-state index in [0.717, 1.165) is 38.8 Å². The number of amides is 3. The molecule has 0 atom stereocenters. The fraction of sp³-hybridized carbons (Fsp3) is 0.171. The van der Waals surface area contributed by atoms with Crippen LogP contribution in [0.25, 0.3) is 27.8 Å². The van der Waals surface area contributed by atoms with Crippen molar-refractivity contribution in [3.63, 3.8) is 0 Å². The van der Waals surface area contributed by atoms with Crippen molar-refractivity contribution in [3.05, 3.63) is 119 Å². The molecule has 43 heavy (non-hydrogen) atoms. The number of para-hydroxylation sites is 2. The van der Waals surface area contributed by atoms with Crippen LogP contribution in [0, 0.1) is 0 Å². The molecule has 2 saturated heterocycles. The van der Waals surface area contributed by atoms with Gasteiger partial charge in [0.15, 0.2) is 0 Å².